The topological polar surface area (TPSA) is 30.5 Å². The van der Waals surface area contributed by atoms with E-state index in [-0.39, 0.29) is 17.9 Å². The molecule has 0 fully saturated rings. The molecule has 0 amide bonds. The van der Waals surface area contributed by atoms with Crippen molar-refractivity contribution in [2.75, 3.05) is 13.2 Å². The van der Waals surface area contributed by atoms with Crippen LogP contribution in [0.15, 0.2) is 18.2 Å². The van der Waals surface area contributed by atoms with Crippen LogP contribution in [0.3, 0.4) is 0 Å². The minimum Gasteiger partial charge on any atom is -0.491 e. The number of hydrogen-bond donors (Lipinski definition) is 1. The molecular weight excluding hydrogens is 290 g/mol. The lowest BCUT2D eigenvalue weighted by atomic mass is 10.1. The van der Waals surface area contributed by atoms with Gasteiger partial charge in [-0.05, 0) is 38.5 Å². The molecule has 21 heavy (non-hydrogen) atoms. The van der Waals surface area contributed by atoms with Gasteiger partial charge in [0.05, 0.1) is 6.61 Å². The summed E-state index contributed by atoms with van der Waals surface area (Å²) >= 11 is 0. The molecule has 1 aromatic carbocycles. The Kier molecular flexibility index (Phi) is 5.98. The van der Waals surface area contributed by atoms with Gasteiger partial charge >= 0.3 is 6.36 Å². The van der Waals surface area contributed by atoms with E-state index in [0.29, 0.717) is 12.1 Å². The molecule has 0 aliphatic carbocycles. The van der Waals surface area contributed by atoms with Gasteiger partial charge in [-0.25, -0.2) is 4.39 Å². The summed E-state index contributed by atoms with van der Waals surface area (Å²) < 4.78 is 57.4. The number of alkyl halides is 3. The molecule has 0 aromatic heterocycles. The van der Waals surface area contributed by atoms with E-state index in [0.717, 1.165) is 6.07 Å². The molecule has 0 aliphatic rings. The average molecular weight is 309 g/mol. The van der Waals surface area contributed by atoms with Gasteiger partial charge in [0.15, 0.2) is 0 Å². The third-order valence-electron chi connectivity index (χ3n) is 2.37. The molecule has 0 spiro atoms. The summed E-state index contributed by atoms with van der Waals surface area (Å²) in [5.74, 6) is -0.332. The lowest BCUT2D eigenvalue weighted by molar-refractivity contribution is -0.325. The molecule has 1 aromatic rings. The van der Waals surface area contributed by atoms with Crippen LogP contribution in [0.1, 0.15) is 26.3 Å². The van der Waals surface area contributed by atoms with E-state index < -0.39 is 18.8 Å². The van der Waals surface area contributed by atoms with Crippen LogP contribution < -0.4 is 10.1 Å². The molecule has 0 radical (unpaired) electrons. The maximum atomic E-state index is 13.4. The largest absolute Gasteiger partial charge is 0.522 e. The Morgan fingerprint density at radius 2 is 1.71 bits per heavy atom. The van der Waals surface area contributed by atoms with Gasteiger partial charge in [0, 0.05) is 18.2 Å². The number of nitrogens with one attached hydrogen (secondary N) is 1. The monoisotopic (exact) mass is 309 g/mol. The van der Waals surface area contributed by atoms with Crippen molar-refractivity contribution in [2.24, 2.45) is 0 Å². The van der Waals surface area contributed by atoms with Gasteiger partial charge in [0.1, 0.15) is 18.2 Å². The van der Waals surface area contributed by atoms with Gasteiger partial charge in [-0.3, -0.25) is 4.74 Å². The quantitative estimate of drug-likeness (QED) is 0.643. The molecule has 0 saturated heterocycles. The van der Waals surface area contributed by atoms with Crippen LogP contribution in [0.25, 0.3) is 0 Å². The normalized spacial score (nSPS) is 12.5. The highest BCUT2D eigenvalue weighted by atomic mass is 19.4. The van der Waals surface area contributed by atoms with E-state index in [9.17, 15) is 17.6 Å². The van der Waals surface area contributed by atoms with E-state index in [4.69, 9.17) is 4.74 Å². The van der Waals surface area contributed by atoms with E-state index >= 15 is 0 Å². The van der Waals surface area contributed by atoms with Crippen LogP contribution in [-0.2, 0) is 11.3 Å². The van der Waals surface area contributed by atoms with E-state index in [1.54, 1.807) is 6.07 Å². The third-order valence-corrected chi connectivity index (χ3v) is 2.37. The number of halogens is 4. The Hall–Kier alpha value is -1.34. The SMILES string of the molecule is CC(C)(C)NCc1cc(F)cc(OCCOC(F)(F)F)c1. The maximum Gasteiger partial charge on any atom is 0.522 e. The fraction of sp³-hybridized carbons (Fsp3) is 0.571. The summed E-state index contributed by atoms with van der Waals surface area (Å²) in [4.78, 5) is 0. The summed E-state index contributed by atoms with van der Waals surface area (Å²) in [6.07, 6.45) is -4.69. The lowest BCUT2D eigenvalue weighted by Crippen LogP contribution is -2.35. The average Bonchev–Trinajstić information content (AvgIpc) is 2.30. The van der Waals surface area contributed by atoms with Gasteiger partial charge in [-0.1, -0.05) is 0 Å². The Morgan fingerprint density at radius 3 is 2.29 bits per heavy atom. The van der Waals surface area contributed by atoms with Gasteiger partial charge in [0.2, 0.25) is 0 Å². The first-order chi connectivity index (χ1) is 9.55. The summed E-state index contributed by atoms with van der Waals surface area (Å²) in [7, 11) is 0. The van der Waals surface area contributed by atoms with Crippen LogP contribution in [0.2, 0.25) is 0 Å². The standard InChI is InChI=1S/C14H19F4NO2/c1-13(2,3)19-9-10-6-11(15)8-12(7-10)20-4-5-21-14(16,17)18/h6-8,19H,4-5,9H2,1-3H3. The van der Waals surface area contributed by atoms with Gasteiger partial charge in [-0.2, -0.15) is 0 Å². The molecule has 0 unspecified atom stereocenters. The van der Waals surface area contributed by atoms with Crippen molar-refractivity contribution in [3.05, 3.63) is 29.6 Å². The smallest absolute Gasteiger partial charge is 0.491 e. The Bertz CT molecular complexity index is 455. The summed E-state index contributed by atoms with van der Waals surface area (Å²) in [5.41, 5.74) is 0.519. The molecular formula is C14H19F4NO2. The first-order valence-corrected chi connectivity index (χ1v) is 6.43. The van der Waals surface area contributed by atoms with Crippen LogP contribution in [-0.4, -0.2) is 25.1 Å². The van der Waals surface area contributed by atoms with Crippen LogP contribution in [0.4, 0.5) is 17.6 Å². The number of benzene rings is 1. The molecule has 1 N–H and O–H groups in total. The minimum atomic E-state index is -4.69. The van der Waals surface area contributed by atoms with Crippen molar-refractivity contribution in [1.29, 1.82) is 0 Å². The summed E-state index contributed by atoms with van der Waals surface area (Å²) in [6, 6.07) is 4.04. The van der Waals surface area contributed by atoms with Crippen molar-refractivity contribution < 1.29 is 27.0 Å². The van der Waals surface area contributed by atoms with Crippen molar-refractivity contribution in [2.45, 2.75) is 39.2 Å². The molecule has 0 aliphatic heterocycles. The zero-order chi connectivity index (χ0) is 16.1. The first-order valence-electron chi connectivity index (χ1n) is 6.43. The van der Waals surface area contributed by atoms with E-state index in [1.807, 2.05) is 20.8 Å². The Morgan fingerprint density at radius 1 is 1.05 bits per heavy atom. The highest BCUT2D eigenvalue weighted by Crippen LogP contribution is 2.18. The van der Waals surface area contributed by atoms with E-state index in [2.05, 4.69) is 10.1 Å². The van der Waals surface area contributed by atoms with Gasteiger partial charge in [0.25, 0.3) is 0 Å². The zero-order valence-electron chi connectivity index (χ0n) is 12.2. The molecule has 3 nitrogen and oxygen atoms in total. The van der Waals surface area contributed by atoms with Crippen molar-refractivity contribution in [3.63, 3.8) is 0 Å². The number of hydrogen-bond acceptors (Lipinski definition) is 3. The van der Waals surface area contributed by atoms with Crippen molar-refractivity contribution in [3.8, 4) is 5.75 Å². The molecule has 0 heterocycles. The molecule has 7 heteroatoms. The van der Waals surface area contributed by atoms with Crippen LogP contribution >= 0.6 is 0 Å². The van der Waals surface area contributed by atoms with Gasteiger partial charge < -0.3 is 10.1 Å². The lowest BCUT2D eigenvalue weighted by Gasteiger charge is -2.20. The molecule has 0 atom stereocenters. The van der Waals surface area contributed by atoms with Crippen molar-refractivity contribution >= 4 is 0 Å². The highest BCUT2D eigenvalue weighted by molar-refractivity contribution is 5.29. The Labute approximate surface area is 121 Å². The third kappa shape index (κ3) is 8.52. The fourth-order valence-corrected chi connectivity index (χ4v) is 1.49. The maximum absolute atomic E-state index is 13.4. The van der Waals surface area contributed by atoms with Gasteiger partial charge in [-0.15, -0.1) is 13.2 Å². The van der Waals surface area contributed by atoms with Crippen LogP contribution in [0.5, 0.6) is 5.75 Å². The van der Waals surface area contributed by atoms with Crippen LogP contribution in [0, 0.1) is 5.82 Å². The minimum absolute atomic E-state index is 0.131. The second kappa shape index (κ2) is 7.09. The summed E-state index contributed by atoms with van der Waals surface area (Å²) in [6.45, 7) is 5.38. The summed E-state index contributed by atoms with van der Waals surface area (Å²) in [5, 5.41) is 3.18. The molecule has 1 rings (SSSR count). The highest BCUT2D eigenvalue weighted by Gasteiger charge is 2.28. The second-order valence-corrected chi connectivity index (χ2v) is 5.54. The molecule has 0 saturated carbocycles. The molecule has 0 bridgehead atoms. The number of ether oxygens (including phenoxy) is 2. The predicted molar refractivity (Wildman–Crippen MR) is 70.5 cm³/mol. The predicted octanol–water partition coefficient (Wildman–Crippen LogP) is 3.63. The Balaban J connectivity index is 2.53. The van der Waals surface area contributed by atoms with Crippen molar-refractivity contribution in [1.82, 2.24) is 5.32 Å². The number of rotatable bonds is 6. The fourth-order valence-electron chi connectivity index (χ4n) is 1.49. The second-order valence-electron chi connectivity index (χ2n) is 5.54. The molecule has 120 valence electrons. The zero-order valence-corrected chi connectivity index (χ0v) is 12.2. The first kappa shape index (κ1) is 17.7. The van der Waals surface area contributed by atoms with E-state index in [1.165, 1.54) is 6.07 Å².